The summed E-state index contributed by atoms with van der Waals surface area (Å²) in [4.78, 5) is 21.9. The van der Waals surface area contributed by atoms with Gasteiger partial charge in [-0.3, -0.25) is 9.69 Å². The Morgan fingerprint density at radius 2 is 2.17 bits per heavy atom. The van der Waals surface area contributed by atoms with Crippen LogP contribution < -0.4 is 5.32 Å². The van der Waals surface area contributed by atoms with E-state index in [1.807, 2.05) is 0 Å². The van der Waals surface area contributed by atoms with E-state index in [0.29, 0.717) is 16.8 Å². The number of hydrogen-bond donors (Lipinski definition) is 1. The molecule has 1 saturated heterocycles. The van der Waals surface area contributed by atoms with Crippen LogP contribution in [-0.4, -0.2) is 60.2 Å². The van der Waals surface area contributed by atoms with Crippen LogP contribution in [0.3, 0.4) is 0 Å². The van der Waals surface area contributed by atoms with Crippen LogP contribution >= 0.6 is 15.9 Å². The number of carbonyl (C=O) groups excluding carboxylic acids is 1. The predicted molar refractivity (Wildman–Crippen MR) is 69.3 cm³/mol. The molecule has 0 atom stereocenters. The van der Waals surface area contributed by atoms with E-state index in [1.54, 1.807) is 0 Å². The number of halogens is 1. The molecule has 1 aliphatic heterocycles. The summed E-state index contributed by atoms with van der Waals surface area (Å²) in [6.45, 7) is 4.83. The lowest BCUT2D eigenvalue weighted by Gasteiger charge is -2.26. The van der Waals surface area contributed by atoms with Gasteiger partial charge >= 0.3 is 0 Å². The van der Waals surface area contributed by atoms with Crippen LogP contribution in [-0.2, 0) is 4.74 Å². The molecular weight excluding hydrogens is 300 g/mol. The van der Waals surface area contributed by atoms with Crippen molar-refractivity contribution in [2.45, 2.75) is 0 Å². The fourth-order valence-electron chi connectivity index (χ4n) is 1.67. The number of carbonyl (C=O) groups is 1. The van der Waals surface area contributed by atoms with E-state index >= 15 is 0 Å². The van der Waals surface area contributed by atoms with Crippen molar-refractivity contribution in [3.8, 4) is 0 Å². The van der Waals surface area contributed by atoms with Crippen LogP contribution in [0.2, 0.25) is 0 Å². The topological polar surface area (TPSA) is 67.4 Å². The van der Waals surface area contributed by atoms with Crippen molar-refractivity contribution in [3.63, 3.8) is 0 Å². The minimum absolute atomic E-state index is 0.191. The van der Waals surface area contributed by atoms with Crippen LogP contribution in [0.1, 0.15) is 10.5 Å². The van der Waals surface area contributed by atoms with Crippen LogP contribution in [0.15, 0.2) is 17.0 Å². The fourth-order valence-corrected chi connectivity index (χ4v) is 1.88. The van der Waals surface area contributed by atoms with E-state index in [9.17, 15) is 4.79 Å². The largest absolute Gasteiger partial charge is 0.379 e. The van der Waals surface area contributed by atoms with Gasteiger partial charge in [0.15, 0.2) is 0 Å². The van der Waals surface area contributed by atoms with Crippen molar-refractivity contribution in [3.05, 3.63) is 22.7 Å². The molecule has 6 nitrogen and oxygen atoms in total. The Bertz CT molecular complexity index is 393. The zero-order valence-electron chi connectivity index (χ0n) is 9.93. The number of morpholine rings is 1. The number of ether oxygens (including phenoxy) is 1. The van der Waals surface area contributed by atoms with Gasteiger partial charge in [-0.05, 0) is 15.9 Å². The Kier molecular flexibility index (Phi) is 5.03. The van der Waals surface area contributed by atoms with Gasteiger partial charge in [-0.2, -0.15) is 0 Å². The number of rotatable bonds is 4. The lowest BCUT2D eigenvalue weighted by atomic mass is 10.4. The maximum absolute atomic E-state index is 11.7. The number of amides is 1. The third kappa shape index (κ3) is 4.01. The minimum atomic E-state index is -0.191. The highest BCUT2D eigenvalue weighted by atomic mass is 79.9. The molecule has 0 spiro atoms. The number of hydrogen-bond acceptors (Lipinski definition) is 5. The normalized spacial score (nSPS) is 16.5. The highest BCUT2D eigenvalue weighted by molar-refractivity contribution is 9.10. The van der Waals surface area contributed by atoms with Gasteiger partial charge < -0.3 is 10.1 Å². The molecule has 0 radical (unpaired) electrons. The zero-order valence-corrected chi connectivity index (χ0v) is 11.5. The highest BCUT2D eigenvalue weighted by Gasteiger charge is 2.11. The van der Waals surface area contributed by atoms with E-state index in [4.69, 9.17) is 4.74 Å². The Labute approximate surface area is 114 Å². The second-order valence-corrected chi connectivity index (χ2v) is 4.75. The van der Waals surface area contributed by atoms with E-state index in [2.05, 4.69) is 36.1 Å². The maximum Gasteiger partial charge on any atom is 0.271 e. The Morgan fingerprint density at radius 3 is 2.83 bits per heavy atom. The van der Waals surface area contributed by atoms with Crippen LogP contribution in [0.5, 0.6) is 0 Å². The zero-order chi connectivity index (χ0) is 12.8. The van der Waals surface area contributed by atoms with Crippen molar-refractivity contribution in [1.29, 1.82) is 0 Å². The lowest BCUT2D eigenvalue weighted by Crippen LogP contribution is -2.41. The van der Waals surface area contributed by atoms with Gasteiger partial charge in [0, 0.05) is 26.2 Å². The number of aromatic nitrogens is 2. The maximum atomic E-state index is 11.7. The molecule has 0 unspecified atom stereocenters. The molecule has 1 aliphatic rings. The molecule has 18 heavy (non-hydrogen) atoms. The number of nitrogens with zero attached hydrogens (tertiary/aromatic N) is 3. The lowest BCUT2D eigenvalue weighted by molar-refractivity contribution is 0.0383. The first kappa shape index (κ1) is 13.4. The molecule has 1 aromatic rings. The van der Waals surface area contributed by atoms with Gasteiger partial charge in [-0.15, -0.1) is 0 Å². The highest BCUT2D eigenvalue weighted by Crippen LogP contribution is 2.02. The predicted octanol–water partition coefficient (Wildman–Crippen LogP) is 0.301. The minimum Gasteiger partial charge on any atom is -0.379 e. The first-order valence-corrected chi connectivity index (χ1v) is 6.61. The summed E-state index contributed by atoms with van der Waals surface area (Å²) in [5, 5.41) is 2.83. The molecule has 0 bridgehead atoms. The third-order valence-corrected chi connectivity index (χ3v) is 3.08. The summed E-state index contributed by atoms with van der Waals surface area (Å²) >= 11 is 3.18. The average molecular weight is 315 g/mol. The summed E-state index contributed by atoms with van der Waals surface area (Å²) in [6.07, 6.45) is 2.96. The molecule has 0 aliphatic carbocycles. The summed E-state index contributed by atoms with van der Waals surface area (Å²) in [5.41, 5.74) is 0.333. The molecule has 1 aromatic heterocycles. The smallest absolute Gasteiger partial charge is 0.271 e. The first-order chi connectivity index (χ1) is 8.75. The molecular formula is C11H15BrN4O2. The molecule has 2 rings (SSSR count). The molecule has 1 fully saturated rings. The SMILES string of the molecule is O=C(NCCN1CCOCC1)c1cnc(Br)cn1. The van der Waals surface area contributed by atoms with E-state index in [-0.39, 0.29) is 5.91 Å². The van der Waals surface area contributed by atoms with Crippen molar-refractivity contribution in [2.24, 2.45) is 0 Å². The van der Waals surface area contributed by atoms with Crippen LogP contribution in [0.4, 0.5) is 0 Å². The van der Waals surface area contributed by atoms with E-state index < -0.39 is 0 Å². The second-order valence-electron chi connectivity index (χ2n) is 3.93. The fraction of sp³-hybridized carbons (Fsp3) is 0.545. The van der Waals surface area contributed by atoms with Gasteiger partial charge in [0.1, 0.15) is 10.3 Å². The molecule has 1 N–H and O–H groups in total. The molecule has 2 heterocycles. The van der Waals surface area contributed by atoms with E-state index in [0.717, 1.165) is 32.8 Å². The summed E-state index contributed by atoms with van der Waals surface area (Å²) in [7, 11) is 0. The van der Waals surface area contributed by atoms with Gasteiger partial charge in [0.2, 0.25) is 0 Å². The van der Waals surface area contributed by atoms with Gasteiger partial charge in [0.25, 0.3) is 5.91 Å². The Balaban J connectivity index is 1.72. The van der Waals surface area contributed by atoms with Crippen molar-refractivity contribution in [1.82, 2.24) is 20.2 Å². The third-order valence-electron chi connectivity index (χ3n) is 2.67. The Morgan fingerprint density at radius 1 is 1.39 bits per heavy atom. The van der Waals surface area contributed by atoms with Gasteiger partial charge in [0.05, 0.1) is 25.6 Å². The molecule has 98 valence electrons. The Hall–Kier alpha value is -1.05. The molecule has 0 aromatic carbocycles. The van der Waals surface area contributed by atoms with Crippen LogP contribution in [0, 0.1) is 0 Å². The summed E-state index contributed by atoms with van der Waals surface area (Å²) < 4.78 is 5.87. The van der Waals surface area contributed by atoms with E-state index in [1.165, 1.54) is 12.4 Å². The van der Waals surface area contributed by atoms with Crippen molar-refractivity contribution in [2.75, 3.05) is 39.4 Å². The molecule has 7 heteroatoms. The van der Waals surface area contributed by atoms with Crippen LogP contribution in [0.25, 0.3) is 0 Å². The molecule has 0 saturated carbocycles. The van der Waals surface area contributed by atoms with Gasteiger partial charge in [-0.25, -0.2) is 9.97 Å². The quantitative estimate of drug-likeness (QED) is 0.866. The summed E-state index contributed by atoms with van der Waals surface area (Å²) in [5.74, 6) is -0.191. The summed E-state index contributed by atoms with van der Waals surface area (Å²) in [6, 6.07) is 0. The van der Waals surface area contributed by atoms with Crippen molar-refractivity contribution >= 4 is 21.8 Å². The van der Waals surface area contributed by atoms with Gasteiger partial charge in [-0.1, -0.05) is 0 Å². The van der Waals surface area contributed by atoms with Crippen molar-refractivity contribution < 1.29 is 9.53 Å². The standard InChI is InChI=1S/C11H15BrN4O2/c12-10-8-14-9(7-15-10)11(17)13-1-2-16-3-5-18-6-4-16/h7-8H,1-6H2,(H,13,17). The number of nitrogens with one attached hydrogen (secondary N) is 1. The average Bonchev–Trinajstić information content (AvgIpc) is 2.40. The molecule has 1 amide bonds. The monoisotopic (exact) mass is 314 g/mol. The first-order valence-electron chi connectivity index (χ1n) is 5.81. The second kappa shape index (κ2) is 6.77.